The average molecular weight is 679 g/mol. The third-order valence-electron chi connectivity index (χ3n) is 11.1. The van der Waals surface area contributed by atoms with Crippen LogP contribution in [0.5, 0.6) is 0 Å². The molecule has 0 saturated carbocycles. The summed E-state index contributed by atoms with van der Waals surface area (Å²) in [6.07, 6.45) is 12.5. The van der Waals surface area contributed by atoms with Gasteiger partial charge in [0.2, 0.25) is 0 Å². The van der Waals surface area contributed by atoms with E-state index in [-0.39, 0.29) is 0 Å². The first kappa shape index (κ1) is 32.6. The Morgan fingerprint density at radius 2 is 0.865 bits per heavy atom. The second-order valence-electron chi connectivity index (χ2n) is 14.8. The minimum absolute atomic E-state index is 0.907. The zero-order valence-corrected chi connectivity index (χ0v) is 30.4. The third kappa shape index (κ3) is 5.85. The van der Waals surface area contributed by atoms with Gasteiger partial charge in [-0.1, -0.05) is 149 Å². The van der Waals surface area contributed by atoms with Crippen molar-refractivity contribution >= 4 is 65.4 Å². The number of furan rings is 2. The van der Waals surface area contributed by atoms with Crippen molar-refractivity contribution in [1.29, 1.82) is 0 Å². The van der Waals surface area contributed by atoms with Gasteiger partial charge in [0.1, 0.15) is 22.3 Å². The second-order valence-corrected chi connectivity index (χ2v) is 14.8. The van der Waals surface area contributed by atoms with Gasteiger partial charge in [-0.25, -0.2) is 0 Å². The topological polar surface area (TPSA) is 26.3 Å². The van der Waals surface area contributed by atoms with E-state index in [2.05, 4.69) is 135 Å². The summed E-state index contributed by atoms with van der Waals surface area (Å²) in [6, 6.07) is 44.6. The molecule has 0 saturated heterocycles. The number of benzene rings is 7. The van der Waals surface area contributed by atoms with Crippen molar-refractivity contribution in [3.63, 3.8) is 0 Å². The van der Waals surface area contributed by atoms with Crippen LogP contribution in [0.25, 0.3) is 87.7 Å². The number of fused-ring (bicyclic) bond motifs is 8. The molecule has 0 spiro atoms. The first-order valence-corrected chi connectivity index (χ1v) is 19.5. The van der Waals surface area contributed by atoms with Crippen molar-refractivity contribution in [2.24, 2.45) is 0 Å². The molecule has 52 heavy (non-hydrogen) atoms. The lowest BCUT2D eigenvalue weighted by molar-refractivity contribution is 0.607. The Balaban J connectivity index is 1.30. The summed E-state index contributed by atoms with van der Waals surface area (Å²) in [6.45, 7) is 4.53. The number of hydrogen-bond acceptors (Lipinski definition) is 2. The van der Waals surface area contributed by atoms with Gasteiger partial charge >= 0.3 is 0 Å². The fraction of sp³-hybridized carbons (Fsp3) is 0.240. The van der Waals surface area contributed by atoms with Gasteiger partial charge in [0.05, 0.1) is 0 Å². The normalized spacial score (nSPS) is 12.0. The molecule has 0 bridgehead atoms. The lowest BCUT2D eigenvalue weighted by Crippen LogP contribution is -1.88. The highest BCUT2D eigenvalue weighted by molar-refractivity contribution is 6.31. The fourth-order valence-electron chi connectivity index (χ4n) is 8.42. The summed E-state index contributed by atoms with van der Waals surface area (Å²) in [5.41, 5.74) is 10.9. The third-order valence-corrected chi connectivity index (χ3v) is 11.1. The van der Waals surface area contributed by atoms with E-state index in [0.29, 0.717) is 0 Å². The zero-order chi connectivity index (χ0) is 35.0. The van der Waals surface area contributed by atoms with Crippen LogP contribution >= 0.6 is 0 Å². The predicted molar refractivity (Wildman–Crippen MR) is 223 cm³/mol. The number of aryl methyl sites for hydroxylation is 2. The van der Waals surface area contributed by atoms with Crippen LogP contribution < -0.4 is 0 Å². The molecule has 0 aliphatic carbocycles. The van der Waals surface area contributed by atoms with E-state index >= 15 is 0 Å². The molecular weight excluding hydrogens is 633 g/mol. The summed E-state index contributed by atoms with van der Waals surface area (Å²) in [4.78, 5) is 0. The lowest BCUT2D eigenvalue weighted by Gasteiger charge is -2.11. The minimum Gasteiger partial charge on any atom is -0.455 e. The summed E-state index contributed by atoms with van der Waals surface area (Å²) in [5, 5.41) is 9.36. The maximum Gasteiger partial charge on any atom is 0.144 e. The summed E-state index contributed by atoms with van der Waals surface area (Å²) >= 11 is 0. The molecule has 2 nitrogen and oxygen atoms in total. The molecule has 2 heterocycles. The van der Waals surface area contributed by atoms with Crippen LogP contribution in [-0.2, 0) is 12.8 Å². The monoisotopic (exact) mass is 678 g/mol. The number of rotatable bonds is 12. The zero-order valence-electron chi connectivity index (χ0n) is 30.4. The summed E-state index contributed by atoms with van der Waals surface area (Å²) in [7, 11) is 0. The molecule has 258 valence electrons. The van der Waals surface area contributed by atoms with Crippen molar-refractivity contribution in [2.45, 2.75) is 78.1 Å². The molecule has 9 rings (SSSR count). The second kappa shape index (κ2) is 14.0. The van der Waals surface area contributed by atoms with Crippen LogP contribution in [0, 0.1) is 0 Å². The molecule has 9 aromatic rings. The Hall–Kier alpha value is -5.34. The number of unbranched alkanes of at least 4 members (excludes halogenated alkanes) is 6. The SMILES string of the molecule is CCCCCCCCc1ccc2cc3c(cc2c1)oc1c(-c2ccccc2)c2c(oc4cc5cc(CCCC)ccc5cc42)c(-c2ccccc2)c13. The largest absolute Gasteiger partial charge is 0.455 e. The van der Waals surface area contributed by atoms with Crippen LogP contribution in [-0.4, -0.2) is 0 Å². The van der Waals surface area contributed by atoms with Gasteiger partial charge in [0.15, 0.2) is 0 Å². The van der Waals surface area contributed by atoms with Crippen molar-refractivity contribution in [2.75, 3.05) is 0 Å². The van der Waals surface area contributed by atoms with E-state index in [1.807, 2.05) is 0 Å². The Kier molecular flexibility index (Phi) is 8.76. The van der Waals surface area contributed by atoms with Gasteiger partial charge in [0, 0.05) is 32.7 Å². The van der Waals surface area contributed by atoms with E-state index in [1.54, 1.807) is 0 Å². The van der Waals surface area contributed by atoms with E-state index < -0.39 is 0 Å². The molecule has 2 heteroatoms. The lowest BCUT2D eigenvalue weighted by atomic mass is 9.90. The Morgan fingerprint density at radius 1 is 0.404 bits per heavy atom. The van der Waals surface area contributed by atoms with Crippen molar-refractivity contribution in [3.05, 3.63) is 132 Å². The highest BCUT2D eigenvalue weighted by Crippen LogP contribution is 2.51. The first-order valence-electron chi connectivity index (χ1n) is 19.5. The molecule has 0 fully saturated rings. The van der Waals surface area contributed by atoms with Crippen molar-refractivity contribution < 1.29 is 8.83 Å². The summed E-state index contributed by atoms with van der Waals surface area (Å²) in [5.74, 6) is 0. The van der Waals surface area contributed by atoms with E-state index in [9.17, 15) is 0 Å². The van der Waals surface area contributed by atoms with Crippen LogP contribution in [0.1, 0.15) is 76.3 Å². The molecule has 0 radical (unpaired) electrons. The number of hydrogen-bond donors (Lipinski definition) is 0. The van der Waals surface area contributed by atoms with Crippen molar-refractivity contribution in [3.8, 4) is 22.3 Å². The maximum atomic E-state index is 7.11. The van der Waals surface area contributed by atoms with Crippen molar-refractivity contribution in [1.82, 2.24) is 0 Å². The molecule has 0 atom stereocenters. The predicted octanol–water partition coefficient (Wildman–Crippen LogP) is 15.4. The molecule has 0 unspecified atom stereocenters. The molecule has 2 aromatic heterocycles. The smallest absolute Gasteiger partial charge is 0.144 e. The van der Waals surface area contributed by atoms with Gasteiger partial charge in [-0.3, -0.25) is 0 Å². The Morgan fingerprint density at radius 3 is 1.37 bits per heavy atom. The minimum atomic E-state index is 0.907. The quantitative estimate of drug-likeness (QED) is 0.120. The fourth-order valence-corrected chi connectivity index (χ4v) is 8.42. The molecule has 0 amide bonds. The standard InChI is InChI=1S/C50H46O2/c1-3-5-7-8-9-12-18-34-24-26-38-30-42-44(32-40(38)28-34)52-50-45(35-19-13-10-14-20-35)47-41-29-37-25-23-33(17-6-4-2)27-39(37)31-43(41)51-49(47)46(48(42)50)36-21-15-11-16-22-36/h10-11,13-16,19-32H,3-9,12,17-18H2,1-2H3. The van der Waals surface area contributed by atoms with Gasteiger partial charge < -0.3 is 8.83 Å². The van der Waals surface area contributed by atoms with E-state index in [1.165, 1.54) is 84.0 Å². The highest BCUT2D eigenvalue weighted by Gasteiger charge is 2.27. The first-order chi connectivity index (χ1) is 25.7. The van der Waals surface area contributed by atoms with E-state index in [0.717, 1.165) is 79.0 Å². The molecule has 0 N–H and O–H groups in total. The van der Waals surface area contributed by atoms with E-state index in [4.69, 9.17) is 8.83 Å². The maximum absolute atomic E-state index is 7.11. The molecular formula is C50H46O2. The summed E-state index contributed by atoms with van der Waals surface area (Å²) < 4.78 is 14.2. The van der Waals surface area contributed by atoms with Gasteiger partial charge in [-0.15, -0.1) is 0 Å². The van der Waals surface area contributed by atoms with Gasteiger partial charge in [-0.05, 0) is 93.7 Å². The Bertz CT molecular complexity index is 2650. The Labute approximate surface area is 306 Å². The van der Waals surface area contributed by atoms with Crippen LogP contribution in [0.3, 0.4) is 0 Å². The molecule has 0 aliphatic heterocycles. The average Bonchev–Trinajstić information content (AvgIpc) is 3.73. The molecule has 0 aliphatic rings. The van der Waals surface area contributed by atoms with Gasteiger partial charge in [0.25, 0.3) is 0 Å². The molecule has 7 aromatic carbocycles. The van der Waals surface area contributed by atoms with Crippen LogP contribution in [0.4, 0.5) is 0 Å². The highest BCUT2D eigenvalue weighted by atomic mass is 16.3. The van der Waals surface area contributed by atoms with Crippen LogP contribution in [0.15, 0.2) is 130 Å². The van der Waals surface area contributed by atoms with Gasteiger partial charge in [-0.2, -0.15) is 0 Å². The van der Waals surface area contributed by atoms with Crippen LogP contribution in [0.2, 0.25) is 0 Å².